The number of aryl methyl sites for hydroxylation is 2. The number of ether oxygens (including phenoxy) is 2. The van der Waals surface area contributed by atoms with Gasteiger partial charge in [-0.05, 0) is 60.6 Å². The Morgan fingerprint density at radius 3 is 2.20 bits per heavy atom. The van der Waals surface area contributed by atoms with Gasteiger partial charge in [-0.1, -0.05) is 60.7 Å². The number of ketones is 1. The molecule has 0 heterocycles. The van der Waals surface area contributed by atoms with E-state index in [1.54, 1.807) is 25.1 Å². The normalized spacial score (nSPS) is 15.9. The first-order chi connectivity index (χ1) is 21.7. The molecule has 0 N–H and O–H groups in total. The summed E-state index contributed by atoms with van der Waals surface area (Å²) in [5.74, 6) is -5.70. The zero-order chi connectivity index (χ0) is 32.1. The van der Waals surface area contributed by atoms with E-state index in [0.29, 0.717) is 49.3 Å². The number of carbonyl (C=O) groups is 2. The van der Waals surface area contributed by atoms with Crippen molar-refractivity contribution in [2.24, 2.45) is 0 Å². The van der Waals surface area contributed by atoms with Crippen LogP contribution in [0.2, 0.25) is 0 Å². The maximum absolute atomic E-state index is 14.8. The average molecular weight is 617 g/mol. The first-order valence-corrected chi connectivity index (χ1v) is 14.7. The number of allylic oxidation sites excluding steroid dienone is 2. The summed E-state index contributed by atoms with van der Waals surface area (Å²) in [4.78, 5) is 25.7. The molecule has 1 aliphatic carbocycles. The highest BCUT2D eigenvalue weighted by Gasteiger charge is 2.37. The van der Waals surface area contributed by atoms with Gasteiger partial charge in [-0.3, -0.25) is 9.59 Å². The van der Waals surface area contributed by atoms with Crippen LogP contribution < -0.4 is 4.74 Å². The summed E-state index contributed by atoms with van der Waals surface area (Å²) in [6, 6.07) is 20.1. The predicted molar refractivity (Wildman–Crippen MR) is 162 cm³/mol. The topological polar surface area (TPSA) is 52.6 Å². The molecule has 0 aliphatic heterocycles. The number of rotatable bonds is 11. The van der Waals surface area contributed by atoms with Crippen molar-refractivity contribution in [1.29, 1.82) is 0 Å². The van der Waals surface area contributed by atoms with Gasteiger partial charge in [0, 0.05) is 35.1 Å². The highest BCUT2D eigenvalue weighted by Crippen LogP contribution is 2.48. The zero-order valence-corrected chi connectivity index (χ0v) is 24.9. The minimum absolute atomic E-state index is 0.149. The number of esters is 1. The summed E-state index contributed by atoms with van der Waals surface area (Å²) < 4.78 is 67.9. The standard InChI is InChI=1S/C37H32F4O4/c1-3-45-34(42)17-23-7-4-6-22(16-23)10-11-25-8-5-9-29(37(25)44-2)30-18-26(24-12-14-27(38)15-13-24)19-31(30)36(43)35-32(40)20-28(39)21-33(35)41/h4-9,12-16,19-21,26,30H,3,10-11,17-18H2,1-2H3. The third kappa shape index (κ3) is 7.17. The highest BCUT2D eigenvalue weighted by atomic mass is 19.1. The molecular formula is C37H32F4O4. The molecule has 0 amide bonds. The van der Waals surface area contributed by atoms with E-state index in [2.05, 4.69) is 0 Å². The Balaban J connectivity index is 1.48. The van der Waals surface area contributed by atoms with Gasteiger partial charge >= 0.3 is 5.97 Å². The monoisotopic (exact) mass is 616 g/mol. The fraction of sp³-hybridized carbons (Fsp3) is 0.243. The molecule has 0 aromatic heterocycles. The van der Waals surface area contributed by atoms with E-state index in [-0.39, 0.29) is 23.9 Å². The smallest absolute Gasteiger partial charge is 0.310 e. The summed E-state index contributed by atoms with van der Waals surface area (Å²) in [6.07, 6.45) is 3.40. The van der Waals surface area contributed by atoms with Gasteiger partial charge in [0.1, 0.15) is 29.0 Å². The Labute approximate surface area is 259 Å². The Morgan fingerprint density at radius 1 is 0.822 bits per heavy atom. The molecule has 232 valence electrons. The number of para-hydroxylation sites is 1. The van der Waals surface area contributed by atoms with E-state index < -0.39 is 40.5 Å². The highest BCUT2D eigenvalue weighted by molar-refractivity contribution is 6.10. The van der Waals surface area contributed by atoms with Gasteiger partial charge in [0.2, 0.25) is 0 Å². The second kappa shape index (κ2) is 13.9. The number of hydrogen-bond donors (Lipinski definition) is 0. The largest absolute Gasteiger partial charge is 0.496 e. The summed E-state index contributed by atoms with van der Waals surface area (Å²) in [7, 11) is 1.53. The molecule has 8 heteroatoms. The van der Waals surface area contributed by atoms with Crippen molar-refractivity contribution in [2.75, 3.05) is 13.7 Å². The van der Waals surface area contributed by atoms with Gasteiger partial charge in [-0.25, -0.2) is 17.6 Å². The van der Waals surface area contributed by atoms with E-state index in [4.69, 9.17) is 9.47 Å². The van der Waals surface area contributed by atoms with Crippen molar-refractivity contribution in [3.8, 4) is 5.75 Å². The molecule has 0 bridgehead atoms. The predicted octanol–water partition coefficient (Wildman–Crippen LogP) is 8.22. The summed E-state index contributed by atoms with van der Waals surface area (Å²) >= 11 is 0. The number of Topliss-reactive ketones (excluding diaryl/α,β-unsaturated/α-hetero) is 1. The number of halogens is 4. The lowest BCUT2D eigenvalue weighted by Crippen LogP contribution is -2.14. The van der Waals surface area contributed by atoms with Crippen LogP contribution >= 0.6 is 0 Å². The van der Waals surface area contributed by atoms with Gasteiger partial charge < -0.3 is 9.47 Å². The Bertz CT molecular complexity index is 1720. The molecule has 5 rings (SSSR count). The molecule has 0 spiro atoms. The Hall–Kier alpha value is -4.72. The van der Waals surface area contributed by atoms with Crippen LogP contribution in [0.5, 0.6) is 5.75 Å². The molecule has 0 saturated carbocycles. The second-order valence-electron chi connectivity index (χ2n) is 11.0. The van der Waals surface area contributed by atoms with Crippen molar-refractivity contribution in [2.45, 2.75) is 44.4 Å². The van der Waals surface area contributed by atoms with Crippen molar-refractivity contribution < 1.29 is 36.6 Å². The summed E-state index contributed by atoms with van der Waals surface area (Å²) in [5, 5.41) is 0. The van der Waals surface area contributed by atoms with Crippen molar-refractivity contribution in [3.63, 3.8) is 0 Å². The van der Waals surface area contributed by atoms with Crippen molar-refractivity contribution in [3.05, 3.63) is 147 Å². The lowest BCUT2D eigenvalue weighted by Gasteiger charge is -2.21. The molecule has 45 heavy (non-hydrogen) atoms. The van der Waals surface area contributed by atoms with Crippen LogP contribution in [0.4, 0.5) is 17.6 Å². The van der Waals surface area contributed by atoms with Crippen LogP contribution in [0, 0.1) is 23.3 Å². The molecule has 4 aromatic rings. The van der Waals surface area contributed by atoms with E-state index in [0.717, 1.165) is 22.3 Å². The van der Waals surface area contributed by atoms with Crippen LogP contribution in [0.25, 0.3) is 0 Å². The van der Waals surface area contributed by atoms with Crippen molar-refractivity contribution in [1.82, 2.24) is 0 Å². The lowest BCUT2D eigenvalue weighted by molar-refractivity contribution is -0.142. The maximum Gasteiger partial charge on any atom is 0.310 e. The Morgan fingerprint density at radius 2 is 1.51 bits per heavy atom. The van der Waals surface area contributed by atoms with Crippen molar-refractivity contribution >= 4 is 11.8 Å². The van der Waals surface area contributed by atoms with Gasteiger partial charge in [0.15, 0.2) is 5.78 Å². The molecule has 4 nitrogen and oxygen atoms in total. The zero-order valence-electron chi connectivity index (χ0n) is 24.9. The van der Waals surface area contributed by atoms with Gasteiger partial charge in [0.05, 0.1) is 25.7 Å². The molecular weight excluding hydrogens is 584 g/mol. The van der Waals surface area contributed by atoms with Crippen LogP contribution in [0.1, 0.15) is 63.4 Å². The molecule has 1 aliphatic rings. The molecule has 4 aromatic carbocycles. The first kappa shape index (κ1) is 31.7. The van der Waals surface area contributed by atoms with E-state index >= 15 is 0 Å². The minimum atomic E-state index is -1.28. The fourth-order valence-electron chi connectivity index (χ4n) is 6.03. The number of methoxy groups -OCH3 is 1. The summed E-state index contributed by atoms with van der Waals surface area (Å²) in [5.41, 5.74) is 3.45. The Kier molecular flexibility index (Phi) is 9.81. The van der Waals surface area contributed by atoms with E-state index in [9.17, 15) is 27.2 Å². The SMILES string of the molecule is CCOC(=O)Cc1cccc(CCc2cccc(C3CC(c4ccc(F)cc4)C=C3C(=O)c3c(F)cc(F)cc3F)c2OC)c1. The molecule has 2 unspecified atom stereocenters. The number of hydrogen-bond acceptors (Lipinski definition) is 4. The van der Waals surface area contributed by atoms with Crippen LogP contribution in [0.3, 0.4) is 0 Å². The second-order valence-corrected chi connectivity index (χ2v) is 11.0. The van der Waals surface area contributed by atoms with E-state index in [1.807, 2.05) is 42.5 Å². The van der Waals surface area contributed by atoms with E-state index in [1.165, 1.54) is 19.2 Å². The van der Waals surface area contributed by atoms with Crippen LogP contribution in [-0.4, -0.2) is 25.5 Å². The third-order valence-corrected chi connectivity index (χ3v) is 8.07. The number of benzene rings is 4. The minimum Gasteiger partial charge on any atom is -0.496 e. The quantitative estimate of drug-likeness (QED) is 0.0968. The maximum atomic E-state index is 14.8. The van der Waals surface area contributed by atoms with Gasteiger partial charge in [-0.15, -0.1) is 0 Å². The first-order valence-electron chi connectivity index (χ1n) is 14.7. The fourth-order valence-corrected chi connectivity index (χ4v) is 6.03. The lowest BCUT2D eigenvalue weighted by atomic mass is 9.84. The third-order valence-electron chi connectivity index (χ3n) is 8.07. The molecule has 0 fully saturated rings. The average Bonchev–Trinajstić information content (AvgIpc) is 3.45. The number of carbonyl (C=O) groups excluding carboxylic acids is 2. The molecule has 2 atom stereocenters. The summed E-state index contributed by atoms with van der Waals surface area (Å²) in [6.45, 7) is 2.08. The van der Waals surface area contributed by atoms with Crippen LogP contribution in [-0.2, 0) is 28.8 Å². The van der Waals surface area contributed by atoms with Gasteiger partial charge in [-0.2, -0.15) is 0 Å². The molecule has 0 saturated heterocycles. The molecule has 0 radical (unpaired) electrons. The van der Waals surface area contributed by atoms with Gasteiger partial charge in [0.25, 0.3) is 0 Å². The van der Waals surface area contributed by atoms with Crippen LogP contribution in [0.15, 0.2) is 90.5 Å².